The number of thioether (sulfide) groups is 1. The predicted molar refractivity (Wildman–Crippen MR) is 114 cm³/mol. The first-order valence-electron chi connectivity index (χ1n) is 8.73. The number of hydrogen-bond donors (Lipinski definition) is 1. The second-order valence-corrected chi connectivity index (χ2v) is 8.16. The molecule has 1 heterocycles. The molecule has 1 aromatic heterocycles. The van der Waals surface area contributed by atoms with Crippen molar-refractivity contribution in [1.29, 1.82) is 0 Å². The molecule has 0 saturated heterocycles. The topological polar surface area (TPSA) is 64.4 Å². The lowest BCUT2D eigenvalue weighted by Crippen LogP contribution is -2.23. The number of nitrogens with one attached hydrogen (secondary N) is 1. The fourth-order valence-corrected chi connectivity index (χ4v) is 4.41. The number of carbonyl (C=O) groups is 1. The summed E-state index contributed by atoms with van der Waals surface area (Å²) >= 11 is 5.06. The number of carbonyl (C=O) groups excluding carboxylic acids is 1. The van der Waals surface area contributed by atoms with E-state index in [1.54, 1.807) is 18.9 Å². The molecule has 7 heteroatoms. The third-order valence-electron chi connectivity index (χ3n) is 4.37. The van der Waals surface area contributed by atoms with Crippen LogP contribution in [-0.4, -0.2) is 18.2 Å². The highest BCUT2D eigenvalue weighted by Gasteiger charge is 2.15. The Labute approximate surface area is 177 Å². The standard InChI is InChI=1S/C21H21BrN2O3S/c1-13-18(14(2)27-24-13)12-28-20-7-5-4-6-17(20)21(25)23-11-15-10-16(22)8-9-19(15)26-3/h4-10H,11-12H2,1-3H3,(H,23,25). The highest BCUT2D eigenvalue weighted by atomic mass is 79.9. The fraction of sp³-hybridized carbons (Fsp3) is 0.238. The van der Waals surface area contributed by atoms with Gasteiger partial charge in [-0.25, -0.2) is 0 Å². The summed E-state index contributed by atoms with van der Waals surface area (Å²) in [5.41, 5.74) is 3.51. The summed E-state index contributed by atoms with van der Waals surface area (Å²) in [6.07, 6.45) is 0. The molecule has 0 bridgehead atoms. The van der Waals surface area contributed by atoms with E-state index in [2.05, 4.69) is 26.4 Å². The molecular weight excluding hydrogens is 440 g/mol. The number of aryl methyl sites for hydroxylation is 2. The van der Waals surface area contributed by atoms with Gasteiger partial charge >= 0.3 is 0 Å². The number of amides is 1. The molecule has 1 amide bonds. The minimum absolute atomic E-state index is 0.121. The molecular formula is C21H21BrN2O3S. The van der Waals surface area contributed by atoms with E-state index in [1.807, 2.05) is 56.3 Å². The molecule has 5 nitrogen and oxygen atoms in total. The summed E-state index contributed by atoms with van der Waals surface area (Å²) in [7, 11) is 1.62. The number of nitrogens with zero attached hydrogens (tertiary/aromatic N) is 1. The summed E-state index contributed by atoms with van der Waals surface area (Å²) in [6, 6.07) is 13.3. The Kier molecular flexibility index (Phi) is 6.80. The average molecular weight is 461 g/mol. The van der Waals surface area contributed by atoms with Crippen molar-refractivity contribution in [2.24, 2.45) is 0 Å². The van der Waals surface area contributed by atoms with Gasteiger partial charge in [-0.05, 0) is 44.2 Å². The van der Waals surface area contributed by atoms with E-state index in [-0.39, 0.29) is 5.91 Å². The summed E-state index contributed by atoms with van der Waals surface area (Å²) in [5.74, 6) is 2.13. The zero-order chi connectivity index (χ0) is 20.1. The van der Waals surface area contributed by atoms with Gasteiger partial charge in [-0.3, -0.25) is 4.79 Å². The van der Waals surface area contributed by atoms with Gasteiger partial charge in [0.2, 0.25) is 0 Å². The smallest absolute Gasteiger partial charge is 0.252 e. The van der Waals surface area contributed by atoms with Crippen molar-refractivity contribution in [2.45, 2.75) is 31.0 Å². The van der Waals surface area contributed by atoms with Crippen molar-refractivity contribution in [3.63, 3.8) is 0 Å². The number of hydrogen-bond acceptors (Lipinski definition) is 5. The Bertz CT molecular complexity index is 968. The predicted octanol–water partition coefficient (Wildman–Crippen LogP) is 5.28. The van der Waals surface area contributed by atoms with Gasteiger partial charge in [-0.15, -0.1) is 11.8 Å². The Hall–Kier alpha value is -2.25. The lowest BCUT2D eigenvalue weighted by atomic mass is 10.1. The van der Waals surface area contributed by atoms with Gasteiger partial charge in [-0.1, -0.05) is 33.2 Å². The lowest BCUT2D eigenvalue weighted by molar-refractivity contribution is 0.0947. The molecule has 0 aliphatic rings. The Morgan fingerprint density at radius 2 is 2.04 bits per heavy atom. The van der Waals surface area contributed by atoms with Crippen LogP contribution in [0, 0.1) is 13.8 Å². The highest BCUT2D eigenvalue weighted by molar-refractivity contribution is 9.10. The molecule has 28 heavy (non-hydrogen) atoms. The number of methoxy groups -OCH3 is 1. The van der Waals surface area contributed by atoms with Gasteiger partial charge in [0.15, 0.2) is 0 Å². The zero-order valence-electron chi connectivity index (χ0n) is 15.9. The molecule has 0 fully saturated rings. The van der Waals surface area contributed by atoms with Crippen molar-refractivity contribution in [1.82, 2.24) is 10.5 Å². The molecule has 0 aliphatic heterocycles. The van der Waals surface area contributed by atoms with E-state index in [0.29, 0.717) is 17.9 Å². The van der Waals surface area contributed by atoms with Gasteiger partial charge < -0.3 is 14.6 Å². The lowest BCUT2D eigenvalue weighted by Gasteiger charge is -2.12. The molecule has 0 atom stereocenters. The second kappa shape index (κ2) is 9.30. The van der Waals surface area contributed by atoms with E-state index in [1.165, 1.54) is 0 Å². The van der Waals surface area contributed by atoms with Crippen molar-refractivity contribution in [3.05, 3.63) is 75.1 Å². The number of aromatic nitrogens is 1. The van der Waals surface area contributed by atoms with Crippen molar-refractivity contribution in [2.75, 3.05) is 7.11 Å². The molecule has 1 N–H and O–H groups in total. The van der Waals surface area contributed by atoms with Gasteiger partial charge in [0.1, 0.15) is 11.5 Å². The average Bonchev–Trinajstić information content (AvgIpc) is 3.02. The first-order valence-corrected chi connectivity index (χ1v) is 10.5. The van der Waals surface area contributed by atoms with Crippen molar-refractivity contribution >= 4 is 33.6 Å². The molecule has 3 rings (SSSR count). The van der Waals surface area contributed by atoms with E-state index in [0.717, 1.165) is 37.7 Å². The van der Waals surface area contributed by atoms with E-state index >= 15 is 0 Å². The van der Waals surface area contributed by atoms with Crippen molar-refractivity contribution in [3.8, 4) is 5.75 Å². The Balaban J connectivity index is 1.72. The molecule has 0 aliphatic carbocycles. The third-order valence-corrected chi connectivity index (χ3v) is 5.96. The van der Waals surface area contributed by atoms with Crippen LogP contribution in [0.25, 0.3) is 0 Å². The van der Waals surface area contributed by atoms with Crippen LogP contribution in [0.4, 0.5) is 0 Å². The molecule has 3 aromatic rings. The van der Waals surface area contributed by atoms with Crippen LogP contribution in [0.2, 0.25) is 0 Å². The fourth-order valence-electron chi connectivity index (χ4n) is 2.79. The summed E-state index contributed by atoms with van der Waals surface area (Å²) in [4.78, 5) is 13.7. The van der Waals surface area contributed by atoms with Crippen LogP contribution in [0.3, 0.4) is 0 Å². The number of ether oxygens (including phenoxy) is 1. The summed E-state index contributed by atoms with van der Waals surface area (Å²) in [6.45, 7) is 4.21. The molecule has 0 saturated carbocycles. The van der Waals surface area contributed by atoms with E-state index < -0.39 is 0 Å². The maximum Gasteiger partial charge on any atom is 0.252 e. The van der Waals surface area contributed by atoms with Crippen LogP contribution in [0.15, 0.2) is 56.4 Å². The molecule has 0 radical (unpaired) electrons. The van der Waals surface area contributed by atoms with Crippen LogP contribution < -0.4 is 10.1 Å². The van der Waals surface area contributed by atoms with Crippen LogP contribution in [-0.2, 0) is 12.3 Å². The largest absolute Gasteiger partial charge is 0.496 e. The molecule has 2 aromatic carbocycles. The first-order chi connectivity index (χ1) is 13.5. The van der Waals surface area contributed by atoms with Gasteiger partial charge in [0.25, 0.3) is 5.91 Å². The van der Waals surface area contributed by atoms with Gasteiger partial charge in [-0.2, -0.15) is 0 Å². The number of benzene rings is 2. The highest BCUT2D eigenvalue weighted by Crippen LogP contribution is 2.29. The first kappa shape index (κ1) is 20.5. The van der Waals surface area contributed by atoms with E-state index in [4.69, 9.17) is 9.26 Å². The number of halogens is 1. The van der Waals surface area contributed by atoms with Gasteiger partial charge in [0, 0.05) is 32.8 Å². The maximum absolute atomic E-state index is 12.8. The summed E-state index contributed by atoms with van der Waals surface area (Å²) < 4.78 is 11.5. The molecule has 0 unspecified atom stereocenters. The van der Waals surface area contributed by atoms with Crippen LogP contribution in [0.5, 0.6) is 5.75 Å². The molecule has 0 spiro atoms. The van der Waals surface area contributed by atoms with Crippen LogP contribution in [0.1, 0.15) is 32.9 Å². The van der Waals surface area contributed by atoms with E-state index in [9.17, 15) is 4.79 Å². The zero-order valence-corrected chi connectivity index (χ0v) is 18.3. The molecule has 146 valence electrons. The van der Waals surface area contributed by atoms with Crippen molar-refractivity contribution < 1.29 is 14.1 Å². The second-order valence-electron chi connectivity index (χ2n) is 6.23. The maximum atomic E-state index is 12.8. The Morgan fingerprint density at radius 1 is 1.25 bits per heavy atom. The van der Waals surface area contributed by atoms with Gasteiger partial charge in [0.05, 0.1) is 18.4 Å². The Morgan fingerprint density at radius 3 is 2.75 bits per heavy atom. The SMILES string of the molecule is COc1ccc(Br)cc1CNC(=O)c1ccccc1SCc1c(C)noc1C. The number of rotatable bonds is 7. The minimum Gasteiger partial charge on any atom is -0.496 e. The van der Waals surface area contributed by atoms with Crippen LogP contribution >= 0.6 is 27.7 Å². The minimum atomic E-state index is -0.121. The monoisotopic (exact) mass is 460 g/mol. The quantitative estimate of drug-likeness (QED) is 0.485. The normalized spacial score (nSPS) is 10.7. The summed E-state index contributed by atoms with van der Waals surface area (Å²) in [5, 5.41) is 6.98. The third kappa shape index (κ3) is 4.77.